The third kappa shape index (κ3) is 20.9. The van der Waals surface area contributed by atoms with Gasteiger partial charge < -0.3 is 54.5 Å². The summed E-state index contributed by atoms with van der Waals surface area (Å²) in [5.74, 6) is 9.81. The average molecular weight is 843 g/mol. The minimum absolute atomic E-state index is 0. The Morgan fingerprint density at radius 1 is 0.490 bits per heavy atom. The van der Waals surface area contributed by atoms with Crippen molar-refractivity contribution < 1.29 is 43.4 Å². The molecule has 8 heteroatoms. The van der Waals surface area contributed by atoms with E-state index in [1.807, 2.05) is 11.6 Å². The summed E-state index contributed by atoms with van der Waals surface area (Å²) in [7, 11) is -3.23. The van der Waals surface area contributed by atoms with Crippen LogP contribution < -0.4 is 0 Å². The molecule has 0 spiro atoms. The van der Waals surface area contributed by atoms with E-state index in [-0.39, 0.29) is 99.1 Å². The van der Waals surface area contributed by atoms with Crippen molar-refractivity contribution in [2.45, 2.75) is 198 Å². The van der Waals surface area contributed by atoms with Crippen molar-refractivity contribution in [3.05, 3.63) is 54.5 Å². The summed E-state index contributed by atoms with van der Waals surface area (Å²) < 4.78 is 0. The maximum Gasteiger partial charge on any atom is 4.00 e. The summed E-state index contributed by atoms with van der Waals surface area (Å²) in [6.07, 6.45) is 22.5. The van der Waals surface area contributed by atoms with Crippen LogP contribution in [0.15, 0.2) is 0 Å². The van der Waals surface area contributed by atoms with Crippen molar-refractivity contribution >= 4 is 49.1 Å². The van der Waals surface area contributed by atoms with E-state index in [1.165, 1.54) is 96.3 Å². The minimum Gasteiger partial charge on any atom is -0.660 e. The van der Waals surface area contributed by atoms with Crippen LogP contribution in [0.1, 0.15) is 138 Å². The van der Waals surface area contributed by atoms with Crippen molar-refractivity contribution in [3.8, 4) is 0 Å². The molecule has 8 atom stereocenters. The van der Waals surface area contributed by atoms with Gasteiger partial charge in [0.05, 0.1) is 0 Å². The molecule has 0 N–H and O–H groups in total. The van der Waals surface area contributed by atoms with Crippen LogP contribution in [0.2, 0.25) is 48.8 Å². The zero-order valence-corrected chi connectivity index (χ0v) is 45.7. The standard InChI is InChI=1S/C35H68N2Si2.8CH3.2Al.2Ti/c1-34(2,3)36-38(7,8)32-28(24-26-18-14-16-22-30(26)32)20-12-11-13-21-29-25-27-19-15-17-23-31(27)33(29)39(9,10)37-35(4,5)6;;;;;;;;;;;;/h26-33H,11-25H2,1-10H3;8*1H3;;;;/q-2;;;6*-1;;;2*+4. The molecule has 4 aliphatic rings. The fourth-order valence-electron chi connectivity index (χ4n) is 11.4. The number of rotatable bonds is 10. The van der Waals surface area contributed by atoms with Gasteiger partial charge in [-0.25, -0.2) is 0 Å². The van der Waals surface area contributed by atoms with E-state index in [9.17, 15) is 0 Å². The Bertz CT molecular complexity index is 740. The maximum atomic E-state index is 5.59. The number of hydrogen-bond acceptors (Lipinski definition) is 0. The Hall–Kier alpha value is 2.85. The molecule has 0 aromatic rings. The predicted molar refractivity (Wildman–Crippen MR) is 241 cm³/mol. The Balaban J connectivity index is -0.000000312. The summed E-state index contributed by atoms with van der Waals surface area (Å²) in [5, 5.41) is 0. The molecule has 0 aliphatic heterocycles. The smallest absolute Gasteiger partial charge is 0.660 e. The number of fused-ring (bicyclic) bond motifs is 2. The fourth-order valence-corrected chi connectivity index (χ4v) is 21.1. The summed E-state index contributed by atoms with van der Waals surface area (Å²) >= 11 is 4.83. The van der Waals surface area contributed by atoms with Crippen LogP contribution in [-0.2, 0) is 43.4 Å². The van der Waals surface area contributed by atoms with E-state index in [4.69, 9.17) is 9.96 Å². The molecule has 51 heavy (non-hydrogen) atoms. The van der Waals surface area contributed by atoms with Gasteiger partial charge in [0.15, 0.2) is 0 Å². The number of unbranched alkanes of at least 4 members (excludes halogenated alkanes) is 2. The second kappa shape index (κ2) is 30.9. The Morgan fingerprint density at radius 2 is 0.765 bits per heavy atom. The molecule has 4 aliphatic carbocycles. The molecule has 4 rings (SSSR count). The molecule has 4 radical (unpaired) electrons. The zero-order valence-electron chi connectivity index (χ0n) is 38.3. The SMILES string of the molecule is CC(C)(C)[N-][Si](C)(C)C1C(CCCCCC2CC3CCCCC3C2[Si](C)(C)[N-]C(C)(C)C)CC2CCCCC21.[CH3-].[CH3-].[CH3-].[CH3-].[CH3-].[CH3-].[CH3][Al].[CH3][Al].[Ti+4].[Ti+4]. The van der Waals surface area contributed by atoms with Crippen LogP contribution in [0, 0.1) is 80.1 Å². The molecule has 0 aromatic carbocycles. The van der Waals surface area contributed by atoms with Crippen molar-refractivity contribution in [1.82, 2.24) is 0 Å². The topological polar surface area (TPSA) is 28.2 Å². The third-order valence-corrected chi connectivity index (χ3v) is 19.2. The van der Waals surface area contributed by atoms with E-state index >= 15 is 0 Å². The number of nitrogens with zero attached hydrogens (tertiary/aromatic N) is 2. The van der Waals surface area contributed by atoms with Crippen molar-refractivity contribution in [2.75, 3.05) is 0 Å². The van der Waals surface area contributed by atoms with Gasteiger partial charge in [-0.15, -0.1) is 22.6 Å². The molecule has 4 saturated carbocycles. The maximum absolute atomic E-state index is 5.59. The van der Waals surface area contributed by atoms with Gasteiger partial charge >= 0.3 is 43.4 Å². The van der Waals surface area contributed by atoms with Gasteiger partial charge in [-0.2, -0.15) is 0 Å². The molecule has 0 saturated heterocycles. The first-order valence-corrected chi connectivity index (χ1v) is 27.1. The summed E-state index contributed by atoms with van der Waals surface area (Å²) in [6, 6.07) is 0. The molecule has 8 unspecified atom stereocenters. The molecule has 2 nitrogen and oxygen atoms in total. The molecule has 0 bridgehead atoms. The average Bonchev–Trinajstić information content (AvgIpc) is 3.47. The van der Waals surface area contributed by atoms with Gasteiger partial charge in [0.25, 0.3) is 0 Å². The van der Waals surface area contributed by atoms with Gasteiger partial charge in [-0.3, -0.25) is 0 Å². The number of hydrogen-bond donors (Lipinski definition) is 0. The molecule has 0 aromatic heterocycles. The summed E-state index contributed by atoms with van der Waals surface area (Å²) in [6.45, 7) is 24.6. The molecular weight excluding hydrogens is 750 g/mol. The third-order valence-electron chi connectivity index (χ3n) is 11.6. The predicted octanol–water partition coefficient (Wildman–Crippen LogP) is 15.2. The first-order chi connectivity index (χ1) is 20.1. The zero-order chi connectivity index (χ0) is 32.6. The Kier molecular flexibility index (Phi) is 41.5. The molecular formula is C43H92Al2N2Si2Ti2. The van der Waals surface area contributed by atoms with Crippen LogP contribution in [0.4, 0.5) is 0 Å². The monoisotopic (exact) mass is 843 g/mol. The van der Waals surface area contributed by atoms with Crippen LogP contribution >= 0.6 is 0 Å². The van der Waals surface area contributed by atoms with E-state index in [2.05, 4.69) is 100 Å². The first-order valence-electron chi connectivity index (χ1n) is 18.7. The van der Waals surface area contributed by atoms with Crippen LogP contribution in [-0.4, -0.2) is 60.1 Å². The van der Waals surface area contributed by atoms with Crippen molar-refractivity contribution in [3.63, 3.8) is 0 Å². The summed E-state index contributed by atoms with van der Waals surface area (Å²) in [5.41, 5.74) is 2.13. The van der Waals surface area contributed by atoms with Crippen LogP contribution in [0.25, 0.3) is 9.96 Å². The molecule has 0 amide bonds. The molecule has 0 heterocycles. The summed E-state index contributed by atoms with van der Waals surface area (Å²) in [4.78, 5) is 11.2. The van der Waals surface area contributed by atoms with E-state index < -0.39 is 16.5 Å². The van der Waals surface area contributed by atoms with Gasteiger partial charge in [-0.05, 0) is 48.3 Å². The van der Waals surface area contributed by atoms with Crippen LogP contribution in [0.3, 0.4) is 0 Å². The van der Waals surface area contributed by atoms with Gasteiger partial charge in [-0.1, -0.05) is 179 Å². The fraction of sp³-hybridized carbons (Fsp3) is 0.860. The minimum atomic E-state index is -1.62. The van der Waals surface area contributed by atoms with E-state index in [0.29, 0.717) is 0 Å². The van der Waals surface area contributed by atoms with Gasteiger partial charge in [0, 0.05) is 0 Å². The van der Waals surface area contributed by atoms with Gasteiger partial charge in [0.2, 0.25) is 0 Å². The second-order valence-electron chi connectivity index (χ2n) is 18.0. The van der Waals surface area contributed by atoms with E-state index in [1.54, 1.807) is 0 Å². The van der Waals surface area contributed by atoms with Crippen LogP contribution in [0.5, 0.6) is 0 Å². The van der Waals surface area contributed by atoms with Gasteiger partial charge in [0.1, 0.15) is 32.6 Å². The van der Waals surface area contributed by atoms with Crippen molar-refractivity contribution in [1.29, 1.82) is 0 Å². The Morgan fingerprint density at radius 3 is 1.04 bits per heavy atom. The first kappa shape index (κ1) is 68.5. The van der Waals surface area contributed by atoms with E-state index in [0.717, 1.165) is 46.6 Å². The molecule has 4 fully saturated rings. The Labute approximate surface area is 376 Å². The molecule has 296 valence electrons. The normalized spacial score (nSPS) is 27.8. The second-order valence-corrected chi connectivity index (χ2v) is 26.4. The quantitative estimate of drug-likeness (QED) is 0.119. The van der Waals surface area contributed by atoms with Crippen molar-refractivity contribution in [2.24, 2.45) is 35.5 Å². The largest absolute Gasteiger partial charge is 4.00 e.